The first-order valence-electron chi connectivity index (χ1n) is 7.42. The smallest absolute Gasteiger partial charge is 0.129 e. The summed E-state index contributed by atoms with van der Waals surface area (Å²) in [6.45, 7) is 7.80. The van der Waals surface area contributed by atoms with Gasteiger partial charge in [0.25, 0.3) is 0 Å². The molecule has 1 aliphatic heterocycles. The normalized spacial score (nSPS) is 21.6. The number of nitrogens with one attached hydrogen (secondary N) is 1. The molecule has 1 saturated heterocycles. The monoisotopic (exact) mass is 294 g/mol. The fraction of sp³-hybridized carbons (Fsp3) is 0.733. The molecule has 1 aromatic rings. The Morgan fingerprint density at radius 1 is 1.40 bits per heavy atom. The van der Waals surface area contributed by atoms with Crippen LogP contribution in [0.4, 0.5) is 0 Å². The van der Waals surface area contributed by atoms with E-state index in [0.29, 0.717) is 16.6 Å². The topological polar surface area (TPSA) is 35.2 Å². The first-order valence-corrected chi connectivity index (χ1v) is 7.82. The Hall–Kier alpha value is -0.780. The van der Waals surface area contributed by atoms with Crippen LogP contribution in [0.3, 0.4) is 0 Å². The zero-order valence-electron chi connectivity index (χ0n) is 13.0. The van der Waals surface area contributed by atoms with Gasteiger partial charge >= 0.3 is 0 Å². The summed E-state index contributed by atoms with van der Waals surface area (Å²) in [6.07, 6.45) is 1.97. The molecule has 20 heavy (non-hydrogen) atoms. The van der Waals surface area contributed by atoms with E-state index in [-0.39, 0.29) is 0 Å². The number of likely N-dealkylation sites (N-methyl/N-ethyl adjacent to an activating group) is 2. The Balaban J connectivity index is 2.12. The van der Waals surface area contributed by atoms with E-state index in [9.17, 15) is 0 Å². The van der Waals surface area contributed by atoms with Crippen LogP contribution in [0.5, 0.6) is 0 Å². The average Bonchev–Trinajstić information content (AvgIpc) is 2.32. The lowest BCUT2D eigenvalue weighted by molar-refractivity contribution is 0.113. The fourth-order valence-electron chi connectivity index (χ4n) is 2.76. The summed E-state index contributed by atoms with van der Waals surface area (Å²) in [5, 5.41) is 0. The molecule has 0 aliphatic carbocycles. The zero-order valence-corrected chi connectivity index (χ0v) is 13.8. The molecule has 1 aromatic heterocycles. The molecule has 1 unspecified atom stereocenters. The third-order valence-corrected chi connectivity index (χ3v) is 4.09. The summed E-state index contributed by atoms with van der Waals surface area (Å²) in [5.41, 5.74) is 1.21. The average molecular weight is 294 g/mol. The molecule has 0 spiro atoms. The summed E-state index contributed by atoms with van der Waals surface area (Å²) in [5.74, 6) is 1.65. The molecule has 2 heterocycles. The predicted molar refractivity (Wildman–Crippen MR) is 85.6 cm³/mol. The number of nitrogens with zero attached hydrogens (tertiary/aromatic N) is 3. The van der Waals surface area contributed by atoms with E-state index in [1.165, 1.54) is 5.69 Å². The van der Waals surface area contributed by atoms with E-state index in [0.717, 1.165) is 38.3 Å². The summed E-state index contributed by atoms with van der Waals surface area (Å²) < 4.78 is 0.709. The molecular formula is C15H26N4S. The van der Waals surface area contributed by atoms with Gasteiger partial charge in [-0.1, -0.05) is 26.1 Å². The van der Waals surface area contributed by atoms with Crippen LogP contribution in [-0.2, 0) is 12.8 Å². The summed E-state index contributed by atoms with van der Waals surface area (Å²) in [6, 6.07) is 2.51. The molecule has 0 amide bonds. The lowest BCUT2D eigenvalue weighted by Gasteiger charge is -2.37. The first-order chi connectivity index (χ1) is 9.44. The number of H-pyrrole nitrogens is 1. The zero-order chi connectivity index (χ0) is 14.7. The third kappa shape index (κ3) is 4.36. The molecular weight excluding hydrogens is 268 g/mol. The Bertz CT molecular complexity index is 497. The highest BCUT2D eigenvalue weighted by molar-refractivity contribution is 7.71. The Morgan fingerprint density at radius 2 is 2.15 bits per heavy atom. The Kier molecular flexibility index (Phi) is 5.29. The van der Waals surface area contributed by atoms with Crippen molar-refractivity contribution in [1.29, 1.82) is 0 Å². The maximum atomic E-state index is 5.31. The molecule has 1 fully saturated rings. The number of hydrogen-bond acceptors (Lipinski definition) is 4. The van der Waals surface area contributed by atoms with Gasteiger partial charge in [0.05, 0.1) is 0 Å². The maximum absolute atomic E-state index is 5.31. The van der Waals surface area contributed by atoms with Gasteiger partial charge in [0.2, 0.25) is 0 Å². The van der Waals surface area contributed by atoms with Gasteiger partial charge in [0, 0.05) is 37.8 Å². The fourth-order valence-corrected chi connectivity index (χ4v) is 3.01. The van der Waals surface area contributed by atoms with E-state index in [4.69, 9.17) is 12.2 Å². The van der Waals surface area contributed by atoms with Gasteiger partial charge in [0.1, 0.15) is 10.5 Å². The van der Waals surface area contributed by atoms with Crippen molar-refractivity contribution < 1.29 is 0 Å². The molecule has 0 bridgehead atoms. The second-order valence-electron chi connectivity index (χ2n) is 6.39. The minimum absolute atomic E-state index is 0.515. The van der Waals surface area contributed by atoms with E-state index in [2.05, 4.69) is 47.7 Å². The van der Waals surface area contributed by atoms with Gasteiger partial charge in [-0.25, -0.2) is 4.98 Å². The van der Waals surface area contributed by atoms with Crippen molar-refractivity contribution in [2.24, 2.45) is 5.92 Å². The first kappa shape index (κ1) is 15.6. The summed E-state index contributed by atoms with van der Waals surface area (Å²) in [7, 11) is 4.38. The van der Waals surface area contributed by atoms with Crippen molar-refractivity contribution in [3.8, 4) is 0 Å². The summed E-state index contributed by atoms with van der Waals surface area (Å²) in [4.78, 5) is 12.8. The van der Waals surface area contributed by atoms with Crippen LogP contribution in [0, 0.1) is 10.6 Å². The molecule has 0 saturated carbocycles. The van der Waals surface area contributed by atoms with E-state index < -0.39 is 0 Å². The van der Waals surface area contributed by atoms with Crippen molar-refractivity contribution >= 4 is 12.2 Å². The minimum Gasteiger partial charge on any atom is -0.347 e. The third-order valence-electron chi connectivity index (χ3n) is 3.89. The molecule has 0 aromatic carbocycles. The Morgan fingerprint density at radius 3 is 2.85 bits per heavy atom. The largest absolute Gasteiger partial charge is 0.347 e. The number of aromatic amines is 1. The van der Waals surface area contributed by atoms with Crippen LogP contribution in [-0.4, -0.2) is 59.5 Å². The molecule has 112 valence electrons. The molecule has 0 radical (unpaired) electrons. The molecule has 1 aliphatic rings. The summed E-state index contributed by atoms with van der Waals surface area (Å²) >= 11 is 5.31. The lowest BCUT2D eigenvalue weighted by atomic mass is 10.1. The van der Waals surface area contributed by atoms with Gasteiger partial charge in [-0.2, -0.15) is 0 Å². The van der Waals surface area contributed by atoms with Crippen molar-refractivity contribution in [3.63, 3.8) is 0 Å². The highest BCUT2D eigenvalue weighted by atomic mass is 32.1. The van der Waals surface area contributed by atoms with Crippen molar-refractivity contribution in [1.82, 2.24) is 19.8 Å². The molecule has 1 N–H and O–H groups in total. The highest BCUT2D eigenvalue weighted by Gasteiger charge is 2.23. The van der Waals surface area contributed by atoms with Crippen molar-refractivity contribution in [2.45, 2.75) is 32.7 Å². The minimum atomic E-state index is 0.515. The van der Waals surface area contributed by atoms with Crippen LogP contribution >= 0.6 is 12.2 Å². The number of aromatic nitrogens is 2. The molecule has 5 heteroatoms. The SMILES string of the molecule is CC(C)Cc1cc(=S)nc(CC2CN(C)CCN2C)[nH]1. The standard InChI is InChI=1S/C15H26N4S/c1-11(2)7-12-8-15(20)17-14(16-12)9-13-10-18(3)5-6-19(13)4/h8,11,13H,5-7,9-10H2,1-4H3,(H,16,17,20). The van der Waals surface area contributed by atoms with Gasteiger partial charge in [0.15, 0.2) is 0 Å². The quantitative estimate of drug-likeness (QED) is 0.863. The predicted octanol–water partition coefficient (Wildman–Crippen LogP) is 2.13. The highest BCUT2D eigenvalue weighted by Crippen LogP contribution is 2.12. The van der Waals surface area contributed by atoms with E-state index in [1.807, 2.05) is 6.07 Å². The van der Waals surface area contributed by atoms with Crippen molar-refractivity contribution in [3.05, 3.63) is 22.2 Å². The van der Waals surface area contributed by atoms with Gasteiger partial charge in [-0.05, 0) is 32.5 Å². The number of rotatable bonds is 4. The van der Waals surface area contributed by atoms with Gasteiger partial charge < -0.3 is 14.8 Å². The molecule has 4 nitrogen and oxygen atoms in total. The van der Waals surface area contributed by atoms with Crippen LogP contribution in [0.1, 0.15) is 25.4 Å². The number of hydrogen-bond donors (Lipinski definition) is 1. The van der Waals surface area contributed by atoms with E-state index >= 15 is 0 Å². The van der Waals surface area contributed by atoms with Crippen LogP contribution < -0.4 is 0 Å². The van der Waals surface area contributed by atoms with Crippen LogP contribution in [0.15, 0.2) is 6.07 Å². The maximum Gasteiger partial charge on any atom is 0.129 e. The second kappa shape index (κ2) is 6.78. The second-order valence-corrected chi connectivity index (χ2v) is 6.81. The van der Waals surface area contributed by atoms with E-state index in [1.54, 1.807) is 0 Å². The van der Waals surface area contributed by atoms with Gasteiger partial charge in [-0.3, -0.25) is 0 Å². The Labute approximate surface area is 127 Å². The molecule has 2 rings (SSSR count). The van der Waals surface area contributed by atoms with Crippen molar-refractivity contribution in [2.75, 3.05) is 33.7 Å². The lowest BCUT2D eigenvalue weighted by Crippen LogP contribution is -2.51. The number of piperazine rings is 1. The van der Waals surface area contributed by atoms with Gasteiger partial charge in [-0.15, -0.1) is 0 Å². The molecule has 1 atom stereocenters. The van der Waals surface area contributed by atoms with Crippen LogP contribution in [0.2, 0.25) is 0 Å². The van der Waals surface area contributed by atoms with Crippen LogP contribution in [0.25, 0.3) is 0 Å².